The molecular formula is C11H23NO. The SMILES string of the molecule is CC(C)(C)ONC1CCCCCC1. The Balaban J connectivity index is 2.19. The first kappa shape index (κ1) is 11.0. The van der Waals surface area contributed by atoms with Crippen LogP contribution < -0.4 is 5.48 Å². The fourth-order valence-electron chi connectivity index (χ4n) is 1.66. The van der Waals surface area contributed by atoms with Gasteiger partial charge in [0.05, 0.1) is 5.60 Å². The van der Waals surface area contributed by atoms with Gasteiger partial charge in [0.15, 0.2) is 0 Å². The molecule has 0 aromatic heterocycles. The number of hydrogen-bond acceptors (Lipinski definition) is 2. The third kappa shape index (κ3) is 5.27. The summed E-state index contributed by atoms with van der Waals surface area (Å²) < 4.78 is 0. The van der Waals surface area contributed by atoms with Crippen LogP contribution in [0.5, 0.6) is 0 Å². The van der Waals surface area contributed by atoms with Gasteiger partial charge in [-0.15, -0.1) is 0 Å². The van der Waals surface area contributed by atoms with E-state index in [9.17, 15) is 0 Å². The van der Waals surface area contributed by atoms with Crippen LogP contribution in [0, 0.1) is 0 Å². The molecule has 0 aromatic rings. The Morgan fingerprint density at radius 2 is 1.54 bits per heavy atom. The molecule has 78 valence electrons. The Kier molecular flexibility index (Phi) is 4.20. The summed E-state index contributed by atoms with van der Waals surface area (Å²) in [5, 5.41) is 0. The molecule has 13 heavy (non-hydrogen) atoms. The van der Waals surface area contributed by atoms with Crippen molar-refractivity contribution in [2.45, 2.75) is 70.9 Å². The van der Waals surface area contributed by atoms with Crippen LogP contribution >= 0.6 is 0 Å². The van der Waals surface area contributed by atoms with Crippen molar-refractivity contribution in [2.24, 2.45) is 0 Å². The maximum absolute atomic E-state index is 5.57. The van der Waals surface area contributed by atoms with Gasteiger partial charge < -0.3 is 0 Å². The topological polar surface area (TPSA) is 21.3 Å². The molecule has 0 amide bonds. The fourth-order valence-corrected chi connectivity index (χ4v) is 1.66. The fraction of sp³-hybridized carbons (Fsp3) is 1.00. The van der Waals surface area contributed by atoms with E-state index in [1.54, 1.807) is 0 Å². The minimum atomic E-state index is -0.0632. The highest BCUT2D eigenvalue weighted by Crippen LogP contribution is 2.18. The smallest absolute Gasteiger partial charge is 0.0813 e. The lowest BCUT2D eigenvalue weighted by Gasteiger charge is -2.24. The zero-order valence-corrected chi connectivity index (χ0v) is 9.23. The molecule has 0 aliphatic heterocycles. The van der Waals surface area contributed by atoms with Crippen LogP contribution in [-0.2, 0) is 4.84 Å². The van der Waals surface area contributed by atoms with Gasteiger partial charge in [-0.3, -0.25) is 4.84 Å². The molecular weight excluding hydrogens is 162 g/mol. The van der Waals surface area contributed by atoms with Crippen molar-refractivity contribution in [3.05, 3.63) is 0 Å². The first-order chi connectivity index (χ1) is 6.08. The van der Waals surface area contributed by atoms with Crippen molar-refractivity contribution < 1.29 is 4.84 Å². The summed E-state index contributed by atoms with van der Waals surface area (Å²) in [4.78, 5) is 5.57. The van der Waals surface area contributed by atoms with Crippen molar-refractivity contribution in [3.63, 3.8) is 0 Å². The molecule has 1 saturated carbocycles. The number of rotatable bonds is 2. The van der Waals surface area contributed by atoms with Crippen LogP contribution in [0.1, 0.15) is 59.3 Å². The van der Waals surface area contributed by atoms with Gasteiger partial charge in [-0.25, -0.2) is 0 Å². The molecule has 1 aliphatic carbocycles. The van der Waals surface area contributed by atoms with E-state index in [0.29, 0.717) is 6.04 Å². The first-order valence-electron chi connectivity index (χ1n) is 5.51. The molecule has 1 aliphatic rings. The predicted octanol–water partition coefficient (Wildman–Crippen LogP) is 3.03. The maximum Gasteiger partial charge on any atom is 0.0813 e. The van der Waals surface area contributed by atoms with Crippen LogP contribution in [0.3, 0.4) is 0 Å². The van der Waals surface area contributed by atoms with Gasteiger partial charge in [-0.2, -0.15) is 5.48 Å². The Morgan fingerprint density at radius 3 is 2.00 bits per heavy atom. The van der Waals surface area contributed by atoms with Crippen LogP contribution in [-0.4, -0.2) is 11.6 Å². The second kappa shape index (κ2) is 4.97. The highest BCUT2D eigenvalue weighted by Gasteiger charge is 2.16. The van der Waals surface area contributed by atoms with E-state index in [2.05, 4.69) is 26.3 Å². The summed E-state index contributed by atoms with van der Waals surface area (Å²) in [6.45, 7) is 6.24. The van der Waals surface area contributed by atoms with Crippen molar-refractivity contribution in [3.8, 4) is 0 Å². The van der Waals surface area contributed by atoms with Crippen molar-refractivity contribution >= 4 is 0 Å². The predicted molar refractivity (Wildman–Crippen MR) is 55.5 cm³/mol. The standard InChI is InChI=1S/C11H23NO/c1-11(2,3)13-12-10-8-6-4-5-7-9-10/h10,12H,4-9H2,1-3H3. The van der Waals surface area contributed by atoms with E-state index in [1.165, 1.54) is 38.5 Å². The average Bonchev–Trinajstić information content (AvgIpc) is 2.26. The summed E-state index contributed by atoms with van der Waals surface area (Å²) in [5.41, 5.74) is 3.14. The Labute approximate surface area is 82.0 Å². The van der Waals surface area contributed by atoms with E-state index in [1.807, 2.05) is 0 Å². The molecule has 2 nitrogen and oxygen atoms in total. The van der Waals surface area contributed by atoms with Crippen LogP contribution in [0.25, 0.3) is 0 Å². The van der Waals surface area contributed by atoms with Gasteiger partial charge in [0.25, 0.3) is 0 Å². The number of hydroxylamine groups is 1. The van der Waals surface area contributed by atoms with Gasteiger partial charge in [0.2, 0.25) is 0 Å². The van der Waals surface area contributed by atoms with E-state index in [4.69, 9.17) is 4.84 Å². The molecule has 1 N–H and O–H groups in total. The highest BCUT2D eigenvalue weighted by atomic mass is 16.7. The van der Waals surface area contributed by atoms with Gasteiger partial charge in [-0.05, 0) is 33.6 Å². The minimum absolute atomic E-state index is 0.0632. The van der Waals surface area contributed by atoms with Crippen LogP contribution in [0.4, 0.5) is 0 Å². The van der Waals surface area contributed by atoms with Gasteiger partial charge in [0.1, 0.15) is 0 Å². The monoisotopic (exact) mass is 185 g/mol. The molecule has 0 unspecified atom stereocenters. The summed E-state index contributed by atoms with van der Waals surface area (Å²) in [6.07, 6.45) is 8.05. The molecule has 1 rings (SSSR count). The second-order valence-corrected chi connectivity index (χ2v) is 5.02. The molecule has 0 saturated heterocycles. The Hall–Kier alpha value is -0.0800. The first-order valence-corrected chi connectivity index (χ1v) is 5.51. The van der Waals surface area contributed by atoms with Crippen molar-refractivity contribution in [2.75, 3.05) is 0 Å². The Morgan fingerprint density at radius 1 is 1.00 bits per heavy atom. The minimum Gasteiger partial charge on any atom is -0.296 e. The van der Waals surface area contributed by atoms with Crippen molar-refractivity contribution in [1.29, 1.82) is 0 Å². The average molecular weight is 185 g/mol. The van der Waals surface area contributed by atoms with Crippen LogP contribution in [0.15, 0.2) is 0 Å². The summed E-state index contributed by atoms with van der Waals surface area (Å²) in [6, 6.07) is 0.585. The second-order valence-electron chi connectivity index (χ2n) is 5.02. The highest BCUT2D eigenvalue weighted by molar-refractivity contribution is 4.68. The zero-order valence-electron chi connectivity index (χ0n) is 9.23. The molecule has 0 heterocycles. The van der Waals surface area contributed by atoms with Gasteiger partial charge in [-0.1, -0.05) is 25.7 Å². The Bertz CT molecular complexity index is 132. The third-order valence-electron chi connectivity index (χ3n) is 2.39. The molecule has 0 spiro atoms. The number of nitrogens with one attached hydrogen (secondary N) is 1. The lowest BCUT2D eigenvalue weighted by atomic mass is 10.1. The molecule has 2 heteroatoms. The van der Waals surface area contributed by atoms with E-state index < -0.39 is 0 Å². The lowest BCUT2D eigenvalue weighted by molar-refractivity contribution is -0.0900. The molecule has 1 fully saturated rings. The van der Waals surface area contributed by atoms with Gasteiger partial charge in [0, 0.05) is 6.04 Å². The third-order valence-corrected chi connectivity index (χ3v) is 2.39. The van der Waals surface area contributed by atoms with E-state index in [0.717, 1.165) is 0 Å². The lowest BCUT2D eigenvalue weighted by Crippen LogP contribution is -2.36. The summed E-state index contributed by atoms with van der Waals surface area (Å²) in [7, 11) is 0. The molecule has 0 aromatic carbocycles. The van der Waals surface area contributed by atoms with Gasteiger partial charge >= 0.3 is 0 Å². The van der Waals surface area contributed by atoms with Crippen LogP contribution in [0.2, 0.25) is 0 Å². The van der Waals surface area contributed by atoms with E-state index >= 15 is 0 Å². The van der Waals surface area contributed by atoms with Crippen molar-refractivity contribution in [1.82, 2.24) is 5.48 Å². The van der Waals surface area contributed by atoms with E-state index in [-0.39, 0.29) is 5.60 Å². The molecule has 0 bridgehead atoms. The largest absolute Gasteiger partial charge is 0.296 e. The summed E-state index contributed by atoms with van der Waals surface area (Å²) in [5.74, 6) is 0. The summed E-state index contributed by atoms with van der Waals surface area (Å²) >= 11 is 0. The maximum atomic E-state index is 5.57. The molecule has 0 atom stereocenters. The normalized spacial score (nSPS) is 21.5. The zero-order chi connectivity index (χ0) is 9.73. The number of hydrogen-bond donors (Lipinski definition) is 1. The quantitative estimate of drug-likeness (QED) is 0.527. The molecule has 0 radical (unpaired) electrons.